The molecule has 2 amide bonds. The highest BCUT2D eigenvalue weighted by Gasteiger charge is 2.22. The van der Waals surface area contributed by atoms with Gasteiger partial charge in [-0.1, -0.05) is 48.5 Å². The van der Waals surface area contributed by atoms with E-state index in [4.69, 9.17) is 0 Å². The summed E-state index contributed by atoms with van der Waals surface area (Å²) >= 11 is 0. The van der Waals surface area contributed by atoms with E-state index in [-0.39, 0.29) is 12.6 Å². The van der Waals surface area contributed by atoms with E-state index in [1.54, 1.807) is 0 Å². The number of rotatable bonds is 3. The Morgan fingerprint density at radius 2 is 1.70 bits per heavy atom. The van der Waals surface area contributed by atoms with Gasteiger partial charge in [-0.3, -0.25) is 0 Å². The van der Waals surface area contributed by atoms with Gasteiger partial charge in [0.15, 0.2) is 0 Å². The largest absolute Gasteiger partial charge is 0.396 e. The highest BCUT2D eigenvalue weighted by Crippen LogP contribution is 2.28. The molecule has 2 aromatic rings. The molecule has 0 atom stereocenters. The summed E-state index contributed by atoms with van der Waals surface area (Å²) < 4.78 is 0. The summed E-state index contributed by atoms with van der Waals surface area (Å²) in [6.45, 7) is 1.61. The summed E-state index contributed by atoms with van der Waals surface area (Å²) in [6, 6.07) is 17.8. The van der Waals surface area contributed by atoms with Crippen LogP contribution in [-0.4, -0.2) is 35.7 Å². The molecule has 2 N–H and O–H groups in total. The Balaban J connectivity index is 1.72. The number of para-hydroxylation sites is 1. The molecule has 120 valence electrons. The lowest BCUT2D eigenvalue weighted by atomic mass is 9.98. The summed E-state index contributed by atoms with van der Waals surface area (Å²) in [6.07, 6.45) is 1.73. The van der Waals surface area contributed by atoms with E-state index < -0.39 is 0 Å². The summed E-state index contributed by atoms with van der Waals surface area (Å²) in [7, 11) is 0. The van der Waals surface area contributed by atoms with Crippen LogP contribution in [0.25, 0.3) is 11.1 Å². The third-order valence-electron chi connectivity index (χ3n) is 4.41. The fraction of sp³-hybridized carbons (Fsp3) is 0.316. The molecule has 1 aliphatic heterocycles. The van der Waals surface area contributed by atoms with Crippen LogP contribution in [0.4, 0.5) is 10.5 Å². The van der Waals surface area contributed by atoms with Gasteiger partial charge in [0.1, 0.15) is 0 Å². The van der Waals surface area contributed by atoms with Crippen LogP contribution in [0.5, 0.6) is 0 Å². The van der Waals surface area contributed by atoms with Crippen LogP contribution in [0.15, 0.2) is 54.6 Å². The van der Waals surface area contributed by atoms with Crippen LogP contribution >= 0.6 is 0 Å². The van der Waals surface area contributed by atoms with Crippen LogP contribution in [-0.2, 0) is 0 Å². The Kier molecular flexibility index (Phi) is 4.93. The fourth-order valence-corrected chi connectivity index (χ4v) is 2.97. The number of piperidine rings is 1. The van der Waals surface area contributed by atoms with Gasteiger partial charge >= 0.3 is 6.03 Å². The summed E-state index contributed by atoms with van der Waals surface area (Å²) in [5.74, 6) is 0.329. The molecule has 23 heavy (non-hydrogen) atoms. The second kappa shape index (κ2) is 7.29. The highest BCUT2D eigenvalue weighted by atomic mass is 16.3. The highest BCUT2D eigenvalue weighted by molar-refractivity contribution is 5.94. The molecule has 0 saturated carbocycles. The summed E-state index contributed by atoms with van der Waals surface area (Å²) in [4.78, 5) is 14.3. The molecule has 0 aromatic heterocycles. The number of likely N-dealkylation sites (tertiary alicyclic amines) is 1. The van der Waals surface area contributed by atoms with Gasteiger partial charge in [0.05, 0.1) is 5.69 Å². The minimum absolute atomic E-state index is 0.0650. The molecule has 1 saturated heterocycles. The van der Waals surface area contributed by atoms with Gasteiger partial charge in [0.25, 0.3) is 0 Å². The van der Waals surface area contributed by atoms with Gasteiger partial charge in [-0.15, -0.1) is 0 Å². The van der Waals surface area contributed by atoms with Gasteiger partial charge in [-0.05, 0) is 30.4 Å². The molecule has 4 nitrogen and oxygen atoms in total. The Hall–Kier alpha value is -2.33. The quantitative estimate of drug-likeness (QED) is 0.910. The first-order chi connectivity index (χ1) is 11.3. The van der Waals surface area contributed by atoms with Crippen molar-refractivity contribution >= 4 is 11.7 Å². The smallest absolute Gasteiger partial charge is 0.321 e. The van der Waals surface area contributed by atoms with Crippen molar-refractivity contribution in [2.24, 2.45) is 5.92 Å². The number of amides is 2. The third-order valence-corrected chi connectivity index (χ3v) is 4.41. The second-order valence-corrected chi connectivity index (χ2v) is 5.95. The molecule has 0 bridgehead atoms. The molecule has 1 fully saturated rings. The third kappa shape index (κ3) is 3.71. The van der Waals surface area contributed by atoms with Gasteiger partial charge < -0.3 is 15.3 Å². The molecule has 1 heterocycles. The maximum absolute atomic E-state index is 12.5. The number of benzene rings is 2. The average molecular weight is 310 g/mol. The van der Waals surface area contributed by atoms with Crippen molar-refractivity contribution in [3.05, 3.63) is 54.6 Å². The van der Waals surface area contributed by atoms with Crippen LogP contribution in [0.3, 0.4) is 0 Å². The van der Waals surface area contributed by atoms with E-state index in [2.05, 4.69) is 5.32 Å². The Labute approximate surface area is 136 Å². The van der Waals surface area contributed by atoms with Crippen molar-refractivity contribution in [2.45, 2.75) is 12.8 Å². The molecule has 4 heteroatoms. The van der Waals surface area contributed by atoms with Crippen LogP contribution in [0.2, 0.25) is 0 Å². The number of anilines is 1. The van der Waals surface area contributed by atoms with E-state index >= 15 is 0 Å². The lowest BCUT2D eigenvalue weighted by Gasteiger charge is -2.31. The molecule has 0 aliphatic carbocycles. The van der Waals surface area contributed by atoms with Gasteiger partial charge in [0, 0.05) is 25.3 Å². The standard InChI is InChI=1S/C19H22N2O2/c22-14-15-10-12-21(13-11-15)19(23)20-18-9-5-4-8-17(18)16-6-2-1-3-7-16/h1-9,15,22H,10-14H2,(H,20,23). The maximum atomic E-state index is 12.5. The Bertz CT molecular complexity index is 649. The predicted octanol–water partition coefficient (Wildman–Crippen LogP) is 3.59. The number of urea groups is 1. The molecule has 0 spiro atoms. The zero-order valence-corrected chi connectivity index (χ0v) is 13.1. The number of nitrogens with zero attached hydrogens (tertiary/aromatic N) is 1. The number of nitrogens with one attached hydrogen (secondary N) is 1. The van der Waals surface area contributed by atoms with Crippen molar-refractivity contribution in [3.8, 4) is 11.1 Å². The van der Waals surface area contributed by atoms with Gasteiger partial charge in [-0.25, -0.2) is 4.79 Å². The van der Waals surface area contributed by atoms with E-state index in [1.165, 1.54) is 0 Å². The normalized spacial score (nSPS) is 15.4. The lowest BCUT2D eigenvalue weighted by Crippen LogP contribution is -2.41. The summed E-state index contributed by atoms with van der Waals surface area (Å²) in [5, 5.41) is 12.2. The molecular weight excluding hydrogens is 288 g/mol. The first kappa shape index (κ1) is 15.6. The Morgan fingerprint density at radius 1 is 1.04 bits per heavy atom. The van der Waals surface area contributed by atoms with Crippen molar-refractivity contribution in [2.75, 3.05) is 25.0 Å². The molecular formula is C19H22N2O2. The Morgan fingerprint density at radius 3 is 2.39 bits per heavy atom. The van der Waals surface area contributed by atoms with Gasteiger partial charge in [0.2, 0.25) is 0 Å². The van der Waals surface area contributed by atoms with Crippen molar-refractivity contribution < 1.29 is 9.90 Å². The van der Waals surface area contributed by atoms with Crippen LogP contribution in [0, 0.1) is 5.92 Å². The number of carbonyl (C=O) groups excluding carboxylic acids is 1. The SMILES string of the molecule is O=C(Nc1ccccc1-c1ccccc1)N1CCC(CO)CC1. The van der Waals surface area contributed by atoms with Crippen molar-refractivity contribution in [1.29, 1.82) is 0 Å². The van der Waals surface area contributed by atoms with Crippen molar-refractivity contribution in [1.82, 2.24) is 4.90 Å². The van der Waals surface area contributed by atoms with E-state index in [0.717, 1.165) is 29.7 Å². The molecule has 2 aromatic carbocycles. The fourth-order valence-electron chi connectivity index (χ4n) is 2.97. The number of aliphatic hydroxyl groups is 1. The topological polar surface area (TPSA) is 52.6 Å². The number of carbonyl (C=O) groups is 1. The first-order valence-corrected chi connectivity index (χ1v) is 8.09. The van der Waals surface area contributed by atoms with Crippen molar-refractivity contribution in [3.63, 3.8) is 0 Å². The molecule has 0 radical (unpaired) electrons. The molecule has 3 rings (SSSR count). The molecule has 1 aliphatic rings. The monoisotopic (exact) mass is 310 g/mol. The molecule has 0 unspecified atom stereocenters. The lowest BCUT2D eigenvalue weighted by molar-refractivity contribution is 0.143. The minimum atomic E-state index is -0.0650. The number of hydrogen-bond acceptors (Lipinski definition) is 2. The zero-order chi connectivity index (χ0) is 16.1. The van der Waals surface area contributed by atoms with E-state index in [1.807, 2.05) is 59.5 Å². The van der Waals surface area contributed by atoms with Crippen LogP contribution in [0.1, 0.15) is 12.8 Å². The average Bonchev–Trinajstić information content (AvgIpc) is 2.63. The number of hydrogen-bond donors (Lipinski definition) is 2. The zero-order valence-electron chi connectivity index (χ0n) is 13.1. The number of aliphatic hydroxyl groups excluding tert-OH is 1. The predicted molar refractivity (Wildman–Crippen MR) is 92.3 cm³/mol. The summed E-state index contributed by atoms with van der Waals surface area (Å²) in [5.41, 5.74) is 2.93. The van der Waals surface area contributed by atoms with E-state index in [9.17, 15) is 9.90 Å². The second-order valence-electron chi connectivity index (χ2n) is 5.95. The van der Waals surface area contributed by atoms with Crippen LogP contribution < -0.4 is 5.32 Å². The minimum Gasteiger partial charge on any atom is -0.396 e. The first-order valence-electron chi connectivity index (χ1n) is 8.09. The van der Waals surface area contributed by atoms with E-state index in [0.29, 0.717) is 19.0 Å². The maximum Gasteiger partial charge on any atom is 0.321 e. The van der Waals surface area contributed by atoms with Gasteiger partial charge in [-0.2, -0.15) is 0 Å².